The number of allylic oxidation sites excluding steroid dienone is 1. The van der Waals surface area contributed by atoms with Gasteiger partial charge in [-0.3, -0.25) is 4.79 Å². The van der Waals surface area contributed by atoms with E-state index >= 15 is 0 Å². The molecule has 0 aliphatic carbocycles. The van der Waals surface area contributed by atoms with Gasteiger partial charge in [0, 0.05) is 30.8 Å². The Morgan fingerprint density at radius 1 is 1.48 bits per heavy atom. The van der Waals surface area contributed by atoms with Gasteiger partial charge in [0.2, 0.25) is 5.91 Å². The fraction of sp³-hybridized carbons (Fsp3) is 0.438. The quantitative estimate of drug-likeness (QED) is 0.865. The molecule has 1 aromatic carbocycles. The van der Waals surface area contributed by atoms with Gasteiger partial charge >= 0.3 is 0 Å². The average Bonchev–Trinajstić information content (AvgIpc) is 2.87. The number of rotatable bonds is 4. The van der Waals surface area contributed by atoms with Crippen LogP contribution in [0.25, 0.3) is 5.57 Å². The molecule has 1 unspecified atom stereocenters. The Bertz CT molecular complexity index is 557. The molecule has 1 atom stereocenters. The third-order valence-electron chi connectivity index (χ3n) is 3.79. The summed E-state index contributed by atoms with van der Waals surface area (Å²) in [6, 6.07) is 3.38. The van der Waals surface area contributed by atoms with Gasteiger partial charge in [-0.05, 0) is 50.6 Å². The minimum Gasteiger partial charge on any atom is -0.339 e. The molecule has 1 heterocycles. The fourth-order valence-corrected chi connectivity index (χ4v) is 2.65. The number of halogens is 2. The first-order chi connectivity index (χ1) is 10.0. The van der Waals surface area contributed by atoms with E-state index in [1.807, 2.05) is 7.05 Å². The molecule has 1 saturated heterocycles. The Labute approximate surface area is 123 Å². The second-order valence-corrected chi connectivity index (χ2v) is 5.45. The van der Waals surface area contributed by atoms with Crippen molar-refractivity contribution in [3.05, 3.63) is 41.5 Å². The molecule has 0 saturated carbocycles. The lowest BCUT2D eigenvalue weighted by Crippen LogP contribution is -2.29. The minimum absolute atomic E-state index is 0.116. The standard InChI is InChI=1S/C16H20F2N2O/c1-11(14-4-3-13(17)8-15(14)18)7-16(21)20-6-5-12(10-20)9-19-2/h3-4,7-8,12,19H,5-6,9-10H2,1-2H3/b11-7-. The highest BCUT2D eigenvalue weighted by atomic mass is 19.1. The summed E-state index contributed by atoms with van der Waals surface area (Å²) in [4.78, 5) is 14.0. The number of amides is 1. The lowest BCUT2D eigenvalue weighted by atomic mass is 10.1. The van der Waals surface area contributed by atoms with Gasteiger partial charge in [0.05, 0.1) is 0 Å². The Kier molecular flexibility index (Phi) is 5.07. The van der Waals surface area contributed by atoms with Crippen molar-refractivity contribution in [2.75, 3.05) is 26.7 Å². The Hall–Kier alpha value is -1.75. The van der Waals surface area contributed by atoms with Crippen molar-refractivity contribution in [1.82, 2.24) is 10.2 Å². The first-order valence-electron chi connectivity index (χ1n) is 7.08. The summed E-state index contributed by atoms with van der Waals surface area (Å²) in [7, 11) is 1.89. The summed E-state index contributed by atoms with van der Waals surface area (Å²) in [6.07, 6.45) is 2.41. The monoisotopic (exact) mass is 294 g/mol. The van der Waals surface area contributed by atoms with E-state index in [1.54, 1.807) is 11.8 Å². The zero-order valence-electron chi connectivity index (χ0n) is 12.3. The largest absolute Gasteiger partial charge is 0.339 e. The predicted molar refractivity (Wildman–Crippen MR) is 78.6 cm³/mol. The maximum atomic E-state index is 13.7. The number of nitrogens with one attached hydrogen (secondary N) is 1. The van der Waals surface area contributed by atoms with Gasteiger partial charge in [-0.15, -0.1) is 0 Å². The van der Waals surface area contributed by atoms with Gasteiger partial charge in [-0.25, -0.2) is 8.78 Å². The first-order valence-corrected chi connectivity index (χ1v) is 7.08. The molecule has 1 aliphatic rings. The van der Waals surface area contributed by atoms with Gasteiger partial charge in [0.1, 0.15) is 11.6 Å². The van der Waals surface area contributed by atoms with Crippen LogP contribution in [0.4, 0.5) is 8.78 Å². The SMILES string of the molecule is CNCC1CCN(C(=O)/C=C(/C)c2ccc(F)cc2F)C1. The molecular formula is C16H20F2N2O. The van der Waals surface area contributed by atoms with E-state index in [-0.39, 0.29) is 11.5 Å². The van der Waals surface area contributed by atoms with E-state index in [4.69, 9.17) is 0 Å². The van der Waals surface area contributed by atoms with Crippen molar-refractivity contribution >= 4 is 11.5 Å². The number of hydrogen-bond acceptors (Lipinski definition) is 2. The zero-order valence-corrected chi connectivity index (χ0v) is 12.3. The number of likely N-dealkylation sites (tertiary alicyclic amines) is 1. The van der Waals surface area contributed by atoms with Crippen LogP contribution in [0.3, 0.4) is 0 Å². The highest BCUT2D eigenvalue weighted by molar-refractivity contribution is 5.95. The number of nitrogens with zero attached hydrogens (tertiary/aromatic N) is 1. The van der Waals surface area contributed by atoms with Crippen molar-refractivity contribution in [3.8, 4) is 0 Å². The van der Waals surface area contributed by atoms with Crippen molar-refractivity contribution in [2.24, 2.45) is 5.92 Å². The molecule has 114 valence electrons. The molecule has 1 N–H and O–H groups in total. The average molecular weight is 294 g/mol. The molecule has 21 heavy (non-hydrogen) atoms. The Morgan fingerprint density at radius 3 is 2.90 bits per heavy atom. The highest BCUT2D eigenvalue weighted by Crippen LogP contribution is 2.21. The van der Waals surface area contributed by atoms with Crippen LogP contribution >= 0.6 is 0 Å². The summed E-state index contributed by atoms with van der Waals surface area (Å²) < 4.78 is 26.6. The molecule has 1 fully saturated rings. The molecule has 0 radical (unpaired) electrons. The van der Waals surface area contributed by atoms with Crippen LogP contribution in [0.1, 0.15) is 18.9 Å². The predicted octanol–water partition coefficient (Wildman–Crippen LogP) is 2.44. The van der Waals surface area contributed by atoms with E-state index in [0.717, 1.165) is 32.1 Å². The minimum atomic E-state index is -0.647. The van der Waals surface area contributed by atoms with Crippen LogP contribution in [-0.4, -0.2) is 37.5 Å². The first kappa shape index (κ1) is 15.6. The maximum Gasteiger partial charge on any atom is 0.246 e. The van der Waals surface area contributed by atoms with E-state index in [1.165, 1.54) is 18.2 Å². The van der Waals surface area contributed by atoms with E-state index in [0.29, 0.717) is 11.5 Å². The Morgan fingerprint density at radius 2 is 2.24 bits per heavy atom. The smallest absolute Gasteiger partial charge is 0.246 e. The summed E-state index contributed by atoms with van der Waals surface area (Å²) >= 11 is 0. The van der Waals surface area contributed by atoms with Crippen LogP contribution in [0.5, 0.6) is 0 Å². The van der Waals surface area contributed by atoms with Gasteiger partial charge in [0.25, 0.3) is 0 Å². The summed E-state index contributed by atoms with van der Waals surface area (Å²) in [5, 5.41) is 3.11. The zero-order chi connectivity index (χ0) is 15.4. The van der Waals surface area contributed by atoms with Crippen molar-refractivity contribution < 1.29 is 13.6 Å². The topological polar surface area (TPSA) is 32.3 Å². The molecule has 0 spiro atoms. The molecule has 0 bridgehead atoms. The second kappa shape index (κ2) is 6.80. The second-order valence-electron chi connectivity index (χ2n) is 5.45. The molecule has 0 aromatic heterocycles. The normalized spacial score (nSPS) is 19.1. The lowest BCUT2D eigenvalue weighted by Gasteiger charge is -2.15. The molecule has 1 aliphatic heterocycles. The van der Waals surface area contributed by atoms with E-state index in [9.17, 15) is 13.6 Å². The molecule has 1 amide bonds. The van der Waals surface area contributed by atoms with Crippen LogP contribution in [0.2, 0.25) is 0 Å². The van der Waals surface area contributed by atoms with E-state index in [2.05, 4.69) is 5.32 Å². The molecule has 1 aromatic rings. The van der Waals surface area contributed by atoms with Gasteiger partial charge in [-0.2, -0.15) is 0 Å². The number of hydrogen-bond donors (Lipinski definition) is 1. The summed E-state index contributed by atoms with van der Waals surface area (Å²) in [6.45, 7) is 3.99. The molecule has 2 rings (SSSR count). The number of benzene rings is 1. The van der Waals surface area contributed by atoms with E-state index < -0.39 is 11.6 Å². The van der Waals surface area contributed by atoms with Crippen LogP contribution in [-0.2, 0) is 4.79 Å². The number of carbonyl (C=O) groups excluding carboxylic acids is 1. The van der Waals surface area contributed by atoms with Crippen LogP contribution in [0, 0.1) is 17.6 Å². The van der Waals surface area contributed by atoms with Crippen LogP contribution < -0.4 is 5.32 Å². The van der Waals surface area contributed by atoms with Gasteiger partial charge < -0.3 is 10.2 Å². The lowest BCUT2D eigenvalue weighted by molar-refractivity contribution is -0.125. The van der Waals surface area contributed by atoms with Crippen molar-refractivity contribution in [2.45, 2.75) is 13.3 Å². The molecular weight excluding hydrogens is 274 g/mol. The third-order valence-corrected chi connectivity index (χ3v) is 3.79. The van der Waals surface area contributed by atoms with Crippen LogP contribution in [0.15, 0.2) is 24.3 Å². The van der Waals surface area contributed by atoms with Crippen molar-refractivity contribution in [1.29, 1.82) is 0 Å². The van der Waals surface area contributed by atoms with Gasteiger partial charge in [-0.1, -0.05) is 0 Å². The fourth-order valence-electron chi connectivity index (χ4n) is 2.65. The molecule has 5 heteroatoms. The summed E-state index contributed by atoms with van der Waals surface area (Å²) in [5.41, 5.74) is 0.769. The highest BCUT2D eigenvalue weighted by Gasteiger charge is 2.24. The number of carbonyl (C=O) groups is 1. The Balaban J connectivity index is 2.06. The third kappa shape index (κ3) is 3.88. The maximum absolute atomic E-state index is 13.7. The van der Waals surface area contributed by atoms with Gasteiger partial charge in [0.15, 0.2) is 0 Å². The molecule has 3 nitrogen and oxygen atoms in total. The summed E-state index contributed by atoms with van der Waals surface area (Å²) in [5.74, 6) is -0.916. The van der Waals surface area contributed by atoms with Crippen molar-refractivity contribution in [3.63, 3.8) is 0 Å².